The Kier molecular flexibility index (Phi) is 8.26. The van der Waals surface area contributed by atoms with E-state index in [0.717, 1.165) is 12.8 Å². The van der Waals surface area contributed by atoms with Crippen LogP contribution in [0.4, 0.5) is 0 Å². The lowest BCUT2D eigenvalue weighted by Gasteiger charge is -2.33. The Morgan fingerprint density at radius 2 is 1.79 bits per heavy atom. The summed E-state index contributed by atoms with van der Waals surface area (Å²) in [5, 5.41) is 15.5. The highest BCUT2D eigenvalue weighted by atomic mass is 16.3. The molecule has 0 aromatic carbocycles. The molecule has 0 bridgehead atoms. The smallest absolute Gasteiger partial charge is 0.237 e. The van der Waals surface area contributed by atoms with Gasteiger partial charge in [0.05, 0.1) is 6.04 Å². The van der Waals surface area contributed by atoms with Crippen molar-refractivity contribution in [2.24, 2.45) is 5.41 Å². The molecule has 0 saturated heterocycles. The molecule has 4 nitrogen and oxygen atoms in total. The topological polar surface area (TPSA) is 61.4 Å². The van der Waals surface area contributed by atoms with Crippen molar-refractivity contribution in [3.05, 3.63) is 0 Å². The third kappa shape index (κ3) is 7.53. The molecule has 114 valence electrons. The first-order valence-corrected chi connectivity index (χ1v) is 7.39. The van der Waals surface area contributed by atoms with Crippen LogP contribution in [-0.4, -0.2) is 35.7 Å². The van der Waals surface area contributed by atoms with Crippen molar-refractivity contribution >= 4 is 5.91 Å². The summed E-state index contributed by atoms with van der Waals surface area (Å²) in [6.07, 6.45) is 2.72. The maximum Gasteiger partial charge on any atom is 0.237 e. The quantitative estimate of drug-likeness (QED) is 0.634. The number of hydrogen-bond acceptors (Lipinski definition) is 3. The van der Waals surface area contributed by atoms with Crippen LogP contribution in [0, 0.1) is 5.41 Å². The Labute approximate surface area is 118 Å². The molecule has 3 atom stereocenters. The van der Waals surface area contributed by atoms with Gasteiger partial charge in [-0.15, -0.1) is 0 Å². The van der Waals surface area contributed by atoms with E-state index in [2.05, 4.69) is 38.3 Å². The second-order valence-electron chi connectivity index (χ2n) is 6.52. The van der Waals surface area contributed by atoms with Crippen LogP contribution in [0.2, 0.25) is 0 Å². The second-order valence-corrected chi connectivity index (χ2v) is 6.52. The van der Waals surface area contributed by atoms with E-state index in [4.69, 9.17) is 5.11 Å². The van der Waals surface area contributed by atoms with Crippen LogP contribution in [-0.2, 0) is 4.79 Å². The first kappa shape index (κ1) is 18.4. The van der Waals surface area contributed by atoms with Crippen molar-refractivity contribution in [2.75, 3.05) is 6.61 Å². The highest BCUT2D eigenvalue weighted by Crippen LogP contribution is 2.22. The fraction of sp³-hybridized carbons (Fsp3) is 0.933. The number of nitrogens with one attached hydrogen (secondary N) is 2. The van der Waals surface area contributed by atoms with Crippen LogP contribution in [0.5, 0.6) is 0 Å². The van der Waals surface area contributed by atoms with E-state index in [9.17, 15) is 4.79 Å². The van der Waals surface area contributed by atoms with Gasteiger partial charge in [-0.3, -0.25) is 4.79 Å². The average Bonchev–Trinajstić information content (AvgIpc) is 2.27. The second kappa shape index (κ2) is 8.54. The molecule has 0 rings (SSSR count). The number of aliphatic hydroxyl groups is 1. The summed E-state index contributed by atoms with van der Waals surface area (Å²) in [4.78, 5) is 12.1. The van der Waals surface area contributed by atoms with Gasteiger partial charge in [0.25, 0.3) is 0 Å². The van der Waals surface area contributed by atoms with Gasteiger partial charge in [0.15, 0.2) is 0 Å². The molecular formula is C15H32N2O2. The highest BCUT2D eigenvalue weighted by Gasteiger charge is 2.27. The average molecular weight is 272 g/mol. The molecule has 4 heteroatoms. The number of carbonyl (C=O) groups excluding carboxylic acids is 1. The van der Waals surface area contributed by atoms with E-state index < -0.39 is 0 Å². The van der Waals surface area contributed by atoms with Crippen LogP contribution in [0.3, 0.4) is 0 Å². The molecule has 0 spiro atoms. The van der Waals surface area contributed by atoms with Crippen molar-refractivity contribution in [3.8, 4) is 0 Å². The minimum absolute atomic E-state index is 0.0201. The SMILES string of the molecule is CCCC(C)NC(=O)C(C)NC(CCO)C(C)(C)C. The molecular weight excluding hydrogens is 240 g/mol. The molecule has 0 aromatic heterocycles. The van der Waals surface area contributed by atoms with Crippen molar-refractivity contribution in [1.82, 2.24) is 10.6 Å². The van der Waals surface area contributed by atoms with Gasteiger partial charge in [-0.05, 0) is 32.1 Å². The maximum atomic E-state index is 12.1. The zero-order valence-electron chi connectivity index (χ0n) is 13.4. The van der Waals surface area contributed by atoms with E-state index in [1.807, 2.05) is 13.8 Å². The number of amides is 1. The third-order valence-electron chi connectivity index (χ3n) is 3.42. The Morgan fingerprint density at radius 3 is 2.21 bits per heavy atom. The normalized spacial score (nSPS) is 16.8. The maximum absolute atomic E-state index is 12.1. The van der Waals surface area contributed by atoms with Gasteiger partial charge in [0, 0.05) is 18.7 Å². The molecule has 0 aliphatic heterocycles. The number of rotatable bonds is 8. The summed E-state index contributed by atoms with van der Waals surface area (Å²) in [7, 11) is 0. The number of hydrogen-bond donors (Lipinski definition) is 3. The molecule has 0 heterocycles. The standard InChI is InChI=1S/C15H32N2O2/c1-7-8-11(2)16-14(19)12(3)17-13(9-10-18)15(4,5)6/h11-13,17-18H,7-10H2,1-6H3,(H,16,19). The molecule has 3 unspecified atom stereocenters. The summed E-state index contributed by atoms with van der Waals surface area (Å²) in [5.74, 6) is 0.0353. The summed E-state index contributed by atoms with van der Waals surface area (Å²) in [6, 6.07) is 0.0995. The van der Waals surface area contributed by atoms with Crippen LogP contribution < -0.4 is 10.6 Å². The predicted molar refractivity (Wildman–Crippen MR) is 80.1 cm³/mol. The van der Waals surface area contributed by atoms with Crippen molar-refractivity contribution in [2.45, 2.75) is 78.9 Å². The van der Waals surface area contributed by atoms with Crippen molar-refractivity contribution < 1.29 is 9.90 Å². The Bertz CT molecular complexity index is 261. The summed E-state index contributed by atoms with van der Waals surface area (Å²) < 4.78 is 0. The first-order valence-electron chi connectivity index (χ1n) is 7.39. The molecule has 3 N–H and O–H groups in total. The van der Waals surface area contributed by atoms with Crippen LogP contribution in [0.25, 0.3) is 0 Å². The van der Waals surface area contributed by atoms with Gasteiger partial charge < -0.3 is 15.7 Å². The van der Waals surface area contributed by atoms with Gasteiger partial charge in [-0.1, -0.05) is 34.1 Å². The minimum atomic E-state index is -0.241. The van der Waals surface area contributed by atoms with Gasteiger partial charge in [-0.2, -0.15) is 0 Å². The monoisotopic (exact) mass is 272 g/mol. The molecule has 19 heavy (non-hydrogen) atoms. The Morgan fingerprint density at radius 1 is 1.21 bits per heavy atom. The number of aliphatic hydroxyl groups excluding tert-OH is 1. The molecule has 0 aliphatic carbocycles. The molecule has 0 fully saturated rings. The largest absolute Gasteiger partial charge is 0.396 e. The lowest BCUT2D eigenvalue weighted by atomic mass is 9.84. The minimum Gasteiger partial charge on any atom is -0.396 e. The molecule has 0 aromatic rings. The summed E-state index contributed by atoms with van der Waals surface area (Å²) >= 11 is 0. The summed E-state index contributed by atoms with van der Waals surface area (Å²) in [5.41, 5.74) is 0.0201. The van der Waals surface area contributed by atoms with Crippen LogP contribution in [0.1, 0.15) is 60.8 Å². The molecule has 0 saturated carbocycles. The number of carbonyl (C=O) groups is 1. The van der Waals surface area contributed by atoms with E-state index in [1.54, 1.807) is 0 Å². The van der Waals surface area contributed by atoms with E-state index in [0.29, 0.717) is 6.42 Å². The van der Waals surface area contributed by atoms with Gasteiger partial charge in [0.2, 0.25) is 5.91 Å². The van der Waals surface area contributed by atoms with Gasteiger partial charge >= 0.3 is 0 Å². The molecule has 0 aliphatic rings. The zero-order chi connectivity index (χ0) is 15.1. The van der Waals surface area contributed by atoms with E-state index in [-0.39, 0.29) is 36.1 Å². The fourth-order valence-corrected chi connectivity index (χ4v) is 2.15. The zero-order valence-corrected chi connectivity index (χ0v) is 13.4. The molecule has 1 amide bonds. The predicted octanol–water partition coefficient (Wildman–Crippen LogP) is 2.07. The Hall–Kier alpha value is -0.610. The van der Waals surface area contributed by atoms with Crippen molar-refractivity contribution in [1.29, 1.82) is 0 Å². The lowest BCUT2D eigenvalue weighted by molar-refractivity contribution is -0.123. The van der Waals surface area contributed by atoms with Gasteiger partial charge in [0.1, 0.15) is 0 Å². The fourth-order valence-electron chi connectivity index (χ4n) is 2.15. The van der Waals surface area contributed by atoms with Crippen molar-refractivity contribution in [3.63, 3.8) is 0 Å². The van der Waals surface area contributed by atoms with E-state index in [1.165, 1.54) is 0 Å². The summed E-state index contributed by atoms with van der Waals surface area (Å²) in [6.45, 7) is 12.5. The highest BCUT2D eigenvalue weighted by molar-refractivity contribution is 5.81. The Balaban J connectivity index is 4.39. The van der Waals surface area contributed by atoms with Gasteiger partial charge in [-0.25, -0.2) is 0 Å². The van der Waals surface area contributed by atoms with E-state index >= 15 is 0 Å². The first-order chi connectivity index (χ1) is 8.72. The van der Waals surface area contributed by atoms with Crippen LogP contribution in [0.15, 0.2) is 0 Å². The lowest BCUT2D eigenvalue weighted by Crippen LogP contribution is -2.52. The third-order valence-corrected chi connectivity index (χ3v) is 3.42. The van der Waals surface area contributed by atoms with Crippen LogP contribution >= 0.6 is 0 Å². The molecule has 0 radical (unpaired) electrons.